The van der Waals surface area contributed by atoms with Crippen LogP contribution in [0.5, 0.6) is 0 Å². The van der Waals surface area contributed by atoms with Crippen molar-refractivity contribution < 1.29 is 9.90 Å². The van der Waals surface area contributed by atoms with Gasteiger partial charge in [0, 0.05) is 43.3 Å². The summed E-state index contributed by atoms with van der Waals surface area (Å²) in [4.78, 5) is 20.7. The maximum Gasteiger partial charge on any atom is 0.253 e. The van der Waals surface area contributed by atoms with Gasteiger partial charge in [-0.05, 0) is 57.6 Å². The van der Waals surface area contributed by atoms with E-state index in [1.54, 1.807) is 12.5 Å². The normalized spacial score (nSPS) is 21.4. The van der Waals surface area contributed by atoms with Crippen molar-refractivity contribution in [1.82, 2.24) is 19.4 Å². The van der Waals surface area contributed by atoms with Crippen molar-refractivity contribution in [2.45, 2.75) is 24.9 Å². The molecule has 1 N–H and O–H groups in total. The Balaban J connectivity index is 1.67. The van der Waals surface area contributed by atoms with Crippen LogP contribution in [0.3, 0.4) is 0 Å². The number of hydrogen-bond donors (Lipinski definition) is 1. The molecule has 1 fully saturated rings. The predicted octanol–water partition coefficient (Wildman–Crippen LogP) is 1.79. The SMILES string of the molecule is CN(C)C[C@]1(O)CCCN(C(=O)c2ccc(-n3ccnc3)cc2)CC1. The summed E-state index contributed by atoms with van der Waals surface area (Å²) in [5.74, 6) is 0.0336. The van der Waals surface area contributed by atoms with Gasteiger partial charge in [-0.1, -0.05) is 0 Å². The van der Waals surface area contributed by atoms with E-state index in [1.807, 2.05) is 58.9 Å². The third-order valence-corrected chi connectivity index (χ3v) is 4.73. The lowest BCUT2D eigenvalue weighted by atomic mass is 9.94. The van der Waals surface area contributed by atoms with Crippen LogP contribution in [0.1, 0.15) is 29.6 Å². The number of imidazole rings is 1. The molecule has 1 atom stereocenters. The molecule has 0 unspecified atom stereocenters. The molecule has 0 radical (unpaired) electrons. The van der Waals surface area contributed by atoms with Gasteiger partial charge in [0.05, 0.1) is 11.9 Å². The van der Waals surface area contributed by atoms with Gasteiger partial charge in [-0.15, -0.1) is 0 Å². The summed E-state index contributed by atoms with van der Waals surface area (Å²) in [7, 11) is 3.93. The zero-order chi connectivity index (χ0) is 17.9. The van der Waals surface area contributed by atoms with Crippen LogP contribution in [0.2, 0.25) is 0 Å². The molecule has 0 aliphatic carbocycles. The summed E-state index contributed by atoms with van der Waals surface area (Å²) in [6.07, 6.45) is 7.50. The fraction of sp³-hybridized carbons (Fsp3) is 0.474. The minimum Gasteiger partial charge on any atom is -0.388 e. The molecule has 134 valence electrons. The summed E-state index contributed by atoms with van der Waals surface area (Å²) >= 11 is 0. The molecule has 0 saturated carbocycles. The second-order valence-electron chi connectivity index (χ2n) is 7.12. The number of hydrogen-bond acceptors (Lipinski definition) is 4. The van der Waals surface area contributed by atoms with Crippen LogP contribution in [0.25, 0.3) is 5.69 Å². The van der Waals surface area contributed by atoms with E-state index >= 15 is 0 Å². The van der Waals surface area contributed by atoms with Crippen molar-refractivity contribution in [2.75, 3.05) is 33.7 Å². The van der Waals surface area contributed by atoms with E-state index in [1.165, 1.54) is 0 Å². The smallest absolute Gasteiger partial charge is 0.253 e. The summed E-state index contributed by atoms with van der Waals surface area (Å²) in [5, 5.41) is 10.7. The molecule has 6 nitrogen and oxygen atoms in total. The predicted molar refractivity (Wildman–Crippen MR) is 96.8 cm³/mol. The Bertz CT molecular complexity index is 697. The van der Waals surface area contributed by atoms with Gasteiger partial charge in [-0.2, -0.15) is 0 Å². The molecule has 1 aliphatic heterocycles. The van der Waals surface area contributed by atoms with E-state index in [4.69, 9.17) is 0 Å². The molecule has 2 aromatic rings. The van der Waals surface area contributed by atoms with Crippen molar-refractivity contribution in [3.63, 3.8) is 0 Å². The standard InChI is InChI=1S/C19H26N4O2/c1-21(2)14-19(25)8-3-11-22(12-9-19)18(24)16-4-6-17(7-5-16)23-13-10-20-15-23/h4-7,10,13,15,25H,3,8-9,11-12,14H2,1-2H3/t19-/m0/s1. The third kappa shape index (κ3) is 4.27. The van der Waals surface area contributed by atoms with E-state index in [0.717, 1.165) is 18.5 Å². The van der Waals surface area contributed by atoms with Gasteiger partial charge in [-0.25, -0.2) is 4.98 Å². The lowest BCUT2D eigenvalue weighted by Gasteiger charge is -2.30. The van der Waals surface area contributed by atoms with Gasteiger partial charge in [0.2, 0.25) is 0 Å². The van der Waals surface area contributed by atoms with Crippen LogP contribution < -0.4 is 0 Å². The number of nitrogens with zero attached hydrogens (tertiary/aromatic N) is 4. The molecule has 1 aromatic heterocycles. The highest BCUT2D eigenvalue weighted by atomic mass is 16.3. The average Bonchev–Trinajstić information content (AvgIpc) is 3.05. The van der Waals surface area contributed by atoms with Gasteiger partial charge < -0.3 is 19.5 Å². The zero-order valence-corrected chi connectivity index (χ0v) is 14.9. The van der Waals surface area contributed by atoms with E-state index in [2.05, 4.69) is 4.98 Å². The lowest BCUT2D eigenvalue weighted by Crippen LogP contribution is -2.41. The quantitative estimate of drug-likeness (QED) is 0.920. The summed E-state index contributed by atoms with van der Waals surface area (Å²) in [6.45, 7) is 1.92. The highest BCUT2D eigenvalue weighted by Gasteiger charge is 2.32. The number of likely N-dealkylation sites (N-methyl/N-ethyl adjacent to an activating group) is 1. The molecule has 0 spiro atoms. The first-order valence-corrected chi connectivity index (χ1v) is 8.72. The van der Waals surface area contributed by atoms with Gasteiger partial charge in [0.25, 0.3) is 5.91 Å². The van der Waals surface area contributed by atoms with Crippen LogP contribution in [0.15, 0.2) is 43.0 Å². The maximum atomic E-state index is 12.8. The molecular weight excluding hydrogens is 316 g/mol. The Labute approximate surface area is 148 Å². The maximum absolute atomic E-state index is 12.8. The van der Waals surface area contributed by atoms with Crippen LogP contribution >= 0.6 is 0 Å². The van der Waals surface area contributed by atoms with E-state index < -0.39 is 5.60 Å². The number of aromatic nitrogens is 2. The molecule has 2 heterocycles. The molecular formula is C19H26N4O2. The fourth-order valence-electron chi connectivity index (χ4n) is 3.50. The number of likely N-dealkylation sites (tertiary alicyclic amines) is 1. The van der Waals surface area contributed by atoms with Gasteiger partial charge >= 0.3 is 0 Å². The Hall–Kier alpha value is -2.18. The second-order valence-corrected chi connectivity index (χ2v) is 7.12. The van der Waals surface area contributed by atoms with Crippen LogP contribution in [0.4, 0.5) is 0 Å². The fourth-order valence-corrected chi connectivity index (χ4v) is 3.50. The lowest BCUT2D eigenvalue weighted by molar-refractivity contribution is 0.00305. The Morgan fingerprint density at radius 3 is 2.64 bits per heavy atom. The first-order valence-electron chi connectivity index (χ1n) is 8.72. The molecule has 25 heavy (non-hydrogen) atoms. The number of aliphatic hydroxyl groups is 1. The Morgan fingerprint density at radius 1 is 1.24 bits per heavy atom. The molecule has 3 rings (SSSR count). The number of amides is 1. The molecule has 1 aromatic carbocycles. The van der Waals surface area contributed by atoms with Gasteiger partial charge in [0.1, 0.15) is 0 Å². The van der Waals surface area contributed by atoms with Crippen molar-refractivity contribution in [2.24, 2.45) is 0 Å². The summed E-state index contributed by atoms with van der Waals surface area (Å²) in [6, 6.07) is 7.56. The first-order chi connectivity index (χ1) is 12.0. The topological polar surface area (TPSA) is 61.6 Å². The second kappa shape index (κ2) is 7.37. The van der Waals surface area contributed by atoms with Crippen LogP contribution in [0, 0.1) is 0 Å². The Morgan fingerprint density at radius 2 is 2.00 bits per heavy atom. The number of carbonyl (C=O) groups excluding carboxylic acids is 1. The number of carbonyl (C=O) groups is 1. The van der Waals surface area contributed by atoms with E-state index in [0.29, 0.717) is 31.6 Å². The van der Waals surface area contributed by atoms with Gasteiger partial charge in [-0.3, -0.25) is 4.79 Å². The molecule has 6 heteroatoms. The van der Waals surface area contributed by atoms with Gasteiger partial charge in [0.15, 0.2) is 0 Å². The Kier molecular flexibility index (Phi) is 5.20. The minimum atomic E-state index is -0.705. The molecule has 1 amide bonds. The van der Waals surface area contributed by atoms with E-state index in [-0.39, 0.29) is 5.91 Å². The van der Waals surface area contributed by atoms with Crippen molar-refractivity contribution in [3.8, 4) is 5.69 Å². The minimum absolute atomic E-state index is 0.0336. The third-order valence-electron chi connectivity index (χ3n) is 4.73. The largest absolute Gasteiger partial charge is 0.388 e. The monoisotopic (exact) mass is 342 g/mol. The highest BCUT2D eigenvalue weighted by molar-refractivity contribution is 5.94. The van der Waals surface area contributed by atoms with Crippen molar-refractivity contribution in [3.05, 3.63) is 48.5 Å². The first kappa shape index (κ1) is 17.6. The highest BCUT2D eigenvalue weighted by Crippen LogP contribution is 2.24. The molecule has 1 aliphatic rings. The van der Waals surface area contributed by atoms with Crippen LogP contribution in [-0.2, 0) is 0 Å². The number of benzene rings is 1. The number of rotatable bonds is 4. The summed E-state index contributed by atoms with van der Waals surface area (Å²) in [5.41, 5.74) is 0.955. The van der Waals surface area contributed by atoms with Crippen LogP contribution in [-0.4, -0.2) is 69.7 Å². The van der Waals surface area contributed by atoms with Crippen molar-refractivity contribution >= 4 is 5.91 Å². The molecule has 0 bridgehead atoms. The average molecular weight is 342 g/mol. The molecule has 1 saturated heterocycles. The van der Waals surface area contributed by atoms with E-state index in [9.17, 15) is 9.90 Å². The van der Waals surface area contributed by atoms with Crippen molar-refractivity contribution in [1.29, 1.82) is 0 Å². The zero-order valence-electron chi connectivity index (χ0n) is 14.9. The summed E-state index contributed by atoms with van der Waals surface area (Å²) < 4.78 is 1.90.